The summed E-state index contributed by atoms with van der Waals surface area (Å²) in [6, 6.07) is 19.2. The average Bonchev–Trinajstić information content (AvgIpc) is 3.53. The zero-order valence-electron chi connectivity index (χ0n) is 17.1. The van der Waals surface area contributed by atoms with E-state index in [0.29, 0.717) is 6.04 Å². The predicted molar refractivity (Wildman–Crippen MR) is 122 cm³/mol. The molecule has 2 aromatic heterocycles. The quantitative estimate of drug-likeness (QED) is 0.603. The summed E-state index contributed by atoms with van der Waals surface area (Å²) in [6.07, 6.45) is 8.88. The molecule has 0 amide bonds. The summed E-state index contributed by atoms with van der Waals surface area (Å²) in [6.45, 7) is 0. The van der Waals surface area contributed by atoms with Crippen LogP contribution in [0.25, 0.3) is 5.69 Å². The van der Waals surface area contributed by atoms with Crippen LogP contribution in [0.4, 0.5) is 0 Å². The topological polar surface area (TPSA) is 42.3 Å². The largest absolute Gasteiger partial charge is 0.497 e. The SMILES string of the molecule is COc1cccc(-n2cccc2C2C(c3ccccn3)NC(=S)N2C2CCCC2)c1. The van der Waals surface area contributed by atoms with Crippen LogP contribution in [0.15, 0.2) is 67.0 Å². The molecule has 3 heterocycles. The van der Waals surface area contributed by atoms with Gasteiger partial charge in [0.25, 0.3) is 0 Å². The molecule has 2 atom stereocenters. The first-order chi connectivity index (χ1) is 14.8. The highest BCUT2D eigenvalue weighted by Crippen LogP contribution is 2.43. The monoisotopic (exact) mass is 418 g/mol. The molecule has 2 fully saturated rings. The number of rotatable bonds is 5. The Hall–Kier alpha value is -2.86. The lowest BCUT2D eigenvalue weighted by molar-refractivity contribution is 0.239. The second-order valence-electron chi connectivity index (χ2n) is 7.98. The fraction of sp³-hybridized carbons (Fsp3) is 0.333. The van der Waals surface area contributed by atoms with Crippen LogP contribution >= 0.6 is 12.2 Å². The Bertz CT molecular complexity index is 1030. The third-order valence-electron chi connectivity index (χ3n) is 6.27. The summed E-state index contributed by atoms with van der Waals surface area (Å²) in [5.41, 5.74) is 3.31. The van der Waals surface area contributed by atoms with Crippen molar-refractivity contribution in [2.24, 2.45) is 0 Å². The number of thiocarbonyl (C=S) groups is 1. The number of benzene rings is 1. The highest BCUT2D eigenvalue weighted by molar-refractivity contribution is 7.80. The van der Waals surface area contributed by atoms with Crippen molar-refractivity contribution in [2.45, 2.75) is 43.8 Å². The van der Waals surface area contributed by atoms with Gasteiger partial charge in [0.2, 0.25) is 0 Å². The number of methoxy groups -OCH3 is 1. The maximum absolute atomic E-state index is 5.86. The van der Waals surface area contributed by atoms with E-state index in [2.05, 4.69) is 56.3 Å². The van der Waals surface area contributed by atoms with E-state index >= 15 is 0 Å². The molecule has 0 radical (unpaired) electrons. The van der Waals surface area contributed by atoms with E-state index in [1.165, 1.54) is 31.4 Å². The molecule has 5 nitrogen and oxygen atoms in total. The molecule has 1 aliphatic heterocycles. The van der Waals surface area contributed by atoms with Crippen molar-refractivity contribution < 1.29 is 4.74 Å². The molecule has 2 unspecified atom stereocenters. The van der Waals surface area contributed by atoms with Gasteiger partial charge in [-0.3, -0.25) is 4.98 Å². The maximum atomic E-state index is 5.86. The normalized spacial score (nSPS) is 21.8. The molecular formula is C24H26N4OS. The lowest BCUT2D eigenvalue weighted by Gasteiger charge is -2.33. The molecule has 1 aliphatic carbocycles. The minimum atomic E-state index is 0.0126. The first-order valence-corrected chi connectivity index (χ1v) is 11.0. The van der Waals surface area contributed by atoms with E-state index in [-0.39, 0.29) is 12.1 Å². The third kappa shape index (κ3) is 3.35. The van der Waals surface area contributed by atoms with E-state index in [0.717, 1.165) is 22.2 Å². The molecule has 1 saturated heterocycles. The zero-order chi connectivity index (χ0) is 20.5. The van der Waals surface area contributed by atoms with Crippen LogP contribution in [0.3, 0.4) is 0 Å². The Kier molecular flexibility index (Phi) is 5.17. The Morgan fingerprint density at radius 1 is 1.07 bits per heavy atom. The van der Waals surface area contributed by atoms with Gasteiger partial charge in [-0.2, -0.15) is 0 Å². The van der Waals surface area contributed by atoms with Crippen molar-refractivity contribution in [2.75, 3.05) is 7.11 Å². The van der Waals surface area contributed by atoms with Crippen molar-refractivity contribution in [3.63, 3.8) is 0 Å². The molecule has 1 saturated carbocycles. The van der Waals surface area contributed by atoms with E-state index in [1.807, 2.05) is 30.5 Å². The van der Waals surface area contributed by atoms with E-state index in [4.69, 9.17) is 17.0 Å². The van der Waals surface area contributed by atoms with Crippen molar-refractivity contribution in [3.8, 4) is 11.4 Å². The minimum absolute atomic E-state index is 0.0126. The number of hydrogen-bond donors (Lipinski definition) is 1. The average molecular weight is 419 g/mol. The summed E-state index contributed by atoms with van der Waals surface area (Å²) in [4.78, 5) is 7.11. The van der Waals surface area contributed by atoms with E-state index in [9.17, 15) is 0 Å². The van der Waals surface area contributed by atoms with Gasteiger partial charge >= 0.3 is 0 Å². The fourth-order valence-corrected chi connectivity index (χ4v) is 5.28. The number of nitrogens with zero attached hydrogens (tertiary/aromatic N) is 3. The number of nitrogens with one attached hydrogen (secondary N) is 1. The molecular weight excluding hydrogens is 392 g/mol. The smallest absolute Gasteiger partial charge is 0.170 e. The van der Waals surface area contributed by atoms with Gasteiger partial charge in [-0.25, -0.2) is 0 Å². The van der Waals surface area contributed by atoms with Crippen LogP contribution in [-0.4, -0.2) is 32.7 Å². The van der Waals surface area contributed by atoms with Gasteiger partial charge in [0.05, 0.1) is 24.9 Å². The van der Waals surface area contributed by atoms with Crippen LogP contribution < -0.4 is 10.1 Å². The standard InChI is InChI=1S/C24H26N4OS/c1-29-19-11-6-10-18(16-19)27-15-7-13-21(27)23-22(20-12-4-5-14-25-20)26-24(30)28(23)17-8-2-3-9-17/h4-7,10-17,22-23H,2-3,8-9H2,1H3,(H,26,30). The zero-order valence-corrected chi connectivity index (χ0v) is 17.9. The van der Waals surface area contributed by atoms with Crippen LogP contribution in [0.5, 0.6) is 5.75 Å². The molecule has 6 heteroatoms. The van der Waals surface area contributed by atoms with Gasteiger partial charge < -0.3 is 19.5 Å². The molecule has 2 aliphatic rings. The van der Waals surface area contributed by atoms with Crippen LogP contribution in [0.2, 0.25) is 0 Å². The van der Waals surface area contributed by atoms with Crippen molar-refractivity contribution >= 4 is 17.3 Å². The molecule has 1 N–H and O–H groups in total. The molecule has 154 valence electrons. The summed E-state index contributed by atoms with van der Waals surface area (Å²) >= 11 is 5.86. The predicted octanol–water partition coefficient (Wildman–Crippen LogP) is 4.80. The molecule has 0 spiro atoms. The van der Waals surface area contributed by atoms with E-state index in [1.54, 1.807) is 7.11 Å². The molecule has 1 aromatic carbocycles. The summed E-state index contributed by atoms with van der Waals surface area (Å²) < 4.78 is 7.71. The van der Waals surface area contributed by atoms with E-state index < -0.39 is 0 Å². The van der Waals surface area contributed by atoms with Gasteiger partial charge in [0.1, 0.15) is 5.75 Å². The van der Waals surface area contributed by atoms with Crippen LogP contribution in [0.1, 0.15) is 49.2 Å². The van der Waals surface area contributed by atoms with Crippen LogP contribution in [0, 0.1) is 0 Å². The number of hydrogen-bond acceptors (Lipinski definition) is 3. The number of aromatic nitrogens is 2. The van der Waals surface area contributed by atoms with Gasteiger partial charge in [-0.1, -0.05) is 25.0 Å². The minimum Gasteiger partial charge on any atom is -0.497 e. The highest BCUT2D eigenvalue weighted by atomic mass is 32.1. The van der Waals surface area contributed by atoms with Crippen molar-refractivity contribution in [1.82, 2.24) is 19.8 Å². The molecule has 5 rings (SSSR count). The number of ether oxygens (including phenoxy) is 1. The van der Waals surface area contributed by atoms with Crippen LogP contribution in [-0.2, 0) is 0 Å². The Morgan fingerprint density at radius 3 is 2.70 bits per heavy atom. The van der Waals surface area contributed by atoms with Gasteiger partial charge in [-0.05, 0) is 61.5 Å². The Morgan fingerprint density at radius 2 is 1.93 bits per heavy atom. The highest BCUT2D eigenvalue weighted by Gasteiger charge is 2.44. The van der Waals surface area contributed by atoms with Crippen molar-refractivity contribution in [3.05, 3.63) is 78.4 Å². The first kappa shape index (κ1) is 19.1. The summed E-state index contributed by atoms with van der Waals surface area (Å²) in [5, 5.41) is 4.43. The van der Waals surface area contributed by atoms with Gasteiger partial charge in [-0.15, -0.1) is 0 Å². The summed E-state index contributed by atoms with van der Waals surface area (Å²) in [5.74, 6) is 0.848. The van der Waals surface area contributed by atoms with Crippen molar-refractivity contribution in [1.29, 1.82) is 0 Å². The Labute approximate surface area is 182 Å². The Balaban J connectivity index is 1.61. The lowest BCUT2D eigenvalue weighted by atomic mass is 9.99. The lowest BCUT2D eigenvalue weighted by Crippen LogP contribution is -2.38. The molecule has 3 aromatic rings. The van der Waals surface area contributed by atoms with Gasteiger partial charge in [0, 0.05) is 35.9 Å². The fourth-order valence-electron chi connectivity index (χ4n) is 4.89. The molecule has 30 heavy (non-hydrogen) atoms. The second-order valence-corrected chi connectivity index (χ2v) is 8.36. The maximum Gasteiger partial charge on any atom is 0.170 e. The second kappa shape index (κ2) is 8.11. The van der Waals surface area contributed by atoms with Gasteiger partial charge in [0.15, 0.2) is 5.11 Å². The number of pyridine rings is 1. The first-order valence-electron chi connectivity index (χ1n) is 10.6. The molecule has 0 bridgehead atoms. The summed E-state index contributed by atoms with van der Waals surface area (Å²) in [7, 11) is 1.70. The third-order valence-corrected chi connectivity index (χ3v) is 6.60.